The van der Waals surface area contributed by atoms with Crippen LogP contribution in [0.3, 0.4) is 0 Å². The van der Waals surface area contributed by atoms with E-state index in [0.717, 1.165) is 16.8 Å². The summed E-state index contributed by atoms with van der Waals surface area (Å²) in [6.45, 7) is 3.93. The minimum Gasteiger partial charge on any atom is -0.495 e. The van der Waals surface area contributed by atoms with Crippen LogP contribution >= 0.6 is 11.6 Å². The van der Waals surface area contributed by atoms with Gasteiger partial charge >= 0.3 is 0 Å². The molecule has 0 aliphatic heterocycles. The number of amides is 1. The maximum atomic E-state index is 11.0. The number of rotatable bonds is 4. The lowest BCUT2D eigenvalue weighted by Gasteiger charge is -2.24. The number of ether oxygens (including phenoxy) is 1. The second-order valence-corrected chi connectivity index (χ2v) is 4.38. The molecule has 1 amide bonds. The number of benzene rings is 1. The Labute approximate surface area is 106 Å². The molecule has 17 heavy (non-hydrogen) atoms. The fraction of sp³-hybridized carbons (Fsp3) is 0.417. The summed E-state index contributed by atoms with van der Waals surface area (Å²) in [6, 6.07) is 1.85. The van der Waals surface area contributed by atoms with Gasteiger partial charge in [0.15, 0.2) is 0 Å². The van der Waals surface area contributed by atoms with E-state index in [1.807, 2.05) is 19.9 Å². The van der Waals surface area contributed by atoms with Gasteiger partial charge in [0.25, 0.3) is 0 Å². The Hall–Kier alpha value is -1.42. The first-order chi connectivity index (χ1) is 7.88. The number of carbonyl (C=O) groups excluding carboxylic acids is 1. The number of nitrogens with two attached hydrogens (primary N) is 1. The SMILES string of the molecule is COc1cc(C)c(Cl)c(C)c1N(C)CC(N)=O. The summed E-state index contributed by atoms with van der Waals surface area (Å²) in [5.41, 5.74) is 7.80. The topological polar surface area (TPSA) is 55.6 Å². The van der Waals surface area contributed by atoms with Gasteiger partial charge in [-0.3, -0.25) is 4.79 Å². The van der Waals surface area contributed by atoms with Crippen molar-refractivity contribution in [2.75, 3.05) is 25.6 Å². The highest BCUT2D eigenvalue weighted by molar-refractivity contribution is 6.32. The van der Waals surface area contributed by atoms with E-state index in [9.17, 15) is 4.79 Å². The Balaban J connectivity index is 3.30. The number of carbonyl (C=O) groups is 1. The van der Waals surface area contributed by atoms with Gasteiger partial charge in [-0.1, -0.05) is 11.6 Å². The van der Waals surface area contributed by atoms with E-state index < -0.39 is 5.91 Å². The number of aryl methyl sites for hydroxylation is 1. The molecule has 0 saturated heterocycles. The summed E-state index contributed by atoms with van der Waals surface area (Å²) in [5, 5.41) is 0.678. The van der Waals surface area contributed by atoms with Crippen LogP contribution in [0, 0.1) is 13.8 Å². The Morgan fingerprint density at radius 3 is 2.59 bits per heavy atom. The van der Waals surface area contributed by atoms with Crippen LogP contribution in [0.2, 0.25) is 5.02 Å². The summed E-state index contributed by atoms with van der Waals surface area (Å²) in [5.74, 6) is 0.291. The second kappa shape index (κ2) is 5.27. The van der Waals surface area contributed by atoms with Crippen LogP contribution < -0.4 is 15.4 Å². The highest BCUT2D eigenvalue weighted by atomic mass is 35.5. The summed E-state index contributed by atoms with van der Waals surface area (Å²) in [4.78, 5) is 12.7. The molecule has 0 radical (unpaired) electrons. The van der Waals surface area contributed by atoms with E-state index in [0.29, 0.717) is 10.8 Å². The van der Waals surface area contributed by atoms with Crippen molar-refractivity contribution in [3.8, 4) is 5.75 Å². The van der Waals surface area contributed by atoms with Gasteiger partial charge in [0.2, 0.25) is 5.91 Å². The smallest absolute Gasteiger partial charge is 0.236 e. The molecule has 0 spiro atoms. The molecule has 1 aromatic rings. The van der Waals surface area contributed by atoms with E-state index in [4.69, 9.17) is 22.1 Å². The highest BCUT2D eigenvalue weighted by Crippen LogP contribution is 2.37. The molecule has 0 saturated carbocycles. The quantitative estimate of drug-likeness (QED) is 0.895. The van der Waals surface area contributed by atoms with Crippen LogP contribution in [0.4, 0.5) is 5.69 Å². The molecule has 0 fully saturated rings. The lowest BCUT2D eigenvalue weighted by atomic mass is 10.1. The van der Waals surface area contributed by atoms with Crippen molar-refractivity contribution in [3.63, 3.8) is 0 Å². The second-order valence-electron chi connectivity index (χ2n) is 4.01. The molecule has 4 nitrogen and oxygen atoms in total. The van der Waals surface area contributed by atoms with Crippen LogP contribution in [0.15, 0.2) is 6.07 Å². The van der Waals surface area contributed by atoms with E-state index in [-0.39, 0.29) is 6.54 Å². The van der Waals surface area contributed by atoms with Gasteiger partial charge in [0.1, 0.15) is 5.75 Å². The number of nitrogens with zero attached hydrogens (tertiary/aromatic N) is 1. The first kappa shape index (κ1) is 13.6. The van der Waals surface area contributed by atoms with Crippen LogP contribution in [0.1, 0.15) is 11.1 Å². The van der Waals surface area contributed by atoms with Crippen LogP contribution in [-0.4, -0.2) is 26.6 Å². The first-order valence-electron chi connectivity index (χ1n) is 5.21. The van der Waals surface area contributed by atoms with Gasteiger partial charge in [-0.15, -0.1) is 0 Å². The summed E-state index contributed by atoms with van der Waals surface area (Å²) < 4.78 is 5.31. The molecule has 0 aliphatic carbocycles. The van der Waals surface area contributed by atoms with Crippen molar-refractivity contribution < 1.29 is 9.53 Å². The third kappa shape index (κ3) is 2.82. The Morgan fingerprint density at radius 2 is 2.12 bits per heavy atom. The normalized spacial score (nSPS) is 10.2. The van der Waals surface area contributed by atoms with Crippen molar-refractivity contribution in [2.24, 2.45) is 5.73 Å². The number of hydrogen-bond donors (Lipinski definition) is 1. The zero-order chi connectivity index (χ0) is 13.2. The molecule has 0 bridgehead atoms. The molecule has 1 aromatic carbocycles. The summed E-state index contributed by atoms with van der Waals surface area (Å²) >= 11 is 6.19. The Morgan fingerprint density at radius 1 is 1.53 bits per heavy atom. The third-order valence-corrected chi connectivity index (χ3v) is 3.19. The molecule has 2 N–H and O–H groups in total. The molecule has 94 valence electrons. The summed E-state index contributed by atoms with van der Waals surface area (Å²) in [6.07, 6.45) is 0. The predicted molar refractivity (Wildman–Crippen MR) is 69.9 cm³/mol. The molecule has 0 atom stereocenters. The minimum atomic E-state index is -0.398. The van der Waals surface area contributed by atoms with E-state index in [2.05, 4.69) is 0 Å². The van der Waals surface area contributed by atoms with Gasteiger partial charge in [0.05, 0.1) is 19.3 Å². The van der Waals surface area contributed by atoms with Gasteiger partial charge < -0.3 is 15.4 Å². The van der Waals surface area contributed by atoms with E-state index in [1.54, 1.807) is 19.1 Å². The van der Waals surface area contributed by atoms with Crippen molar-refractivity contribution in [1.82, 2.24) is 0 Å². The highest BCUT2D eigenvalue weighted by Gasteiger charge is 2.17. The molecule has 1 rings (SSSR count). The lowest BCUT2D eigenvalue weighted by molar-refractivity contribution is -0.116. The van der Waals surface area contributed by atoms with Crippen molar-refractivity contribution in [3.05, 3.63) is 22.2 Å². The fourth-order valence-electron chi connectivity index (χ4n) is 1.86. The van der Waals surface area contributed by atoms with Gasteiger partial charge in [0, 0.05) is 12.1 Å². The number of likely N-dealkylation sites (N-methyl/N-ethyl adjacent to an activating group) is 1. The first-order valence-corrected chi connectivity index (χ1v) is 5.59. The Bertz CT molecular complexity index is 447. The number of hydrogen-bond acceptors (Lipinski definition) is 3. The van der Waals surface area contributed by atoms with Gasteiger partial charge in [-0.2, -0.15) is 0 Å². The van der Waals surface area contributed by atoms with Crippen molar-refractivity contribution in [1.29, 1.82) is 0 Å². The molecular formula is C12H17ClN2O2. The zero-order valence-electron chi connectivity index (χ0n) is 10.5. The Kier molecular flexibility index (Phi) is 4.23. The largest absolute Gasteiger partial charge is 0.495 e. The fourth-order valence-corrected chi connectivity index (χ4v) is 2.00. The zero-order valence-corrected chi connectivity index (χ0v) is 11.3. The number of anilines is 1. The van der Waals surface area contributed by atoms with Crippen molar-refractivity contribution in [2.45, 2.75) is 13.8 Å². The number of methoxy groups -OCH3 is 1. The molecule has 5 heteroatoms. The average Bonchev–Trinajstić information content (AvgIpc) is 2.23. The maximum absolute atomic E-state index is 11.0. The van der Waals surface area contributed by atoms with Crippen LogP contribution in [0.5, 0.6) is 5.75 Å². The molecule has 0 aliphatic rings. The lowest BCUT2D eigenvalue weighted by Crippen LogP contribution is -2.31. The molecule has 0 heterocycles. The molecular weight excluding hydrogens is 240 g/mol. The van der Waals surface area contributed by atoms with E-state index in [1.165, 1.54) is 0 Å². The third-order valence-electron chi connectivity index (χ3n) is 2.61. The summed E-state index contributed by atoms with van der Waals surface area (Å²) in [7, 11) is 3.37. The van der Waals surface area contributed by atoms with Crippen LogP contribution in [0.25, 0.3) is 0 Å². The minimum absolute atomic E-state index is 0.122. The van der Waals surface area contributed by atoms with Crippen LogP contribution in [-0.2, 0) is 4.79 Å². The van der Waals surface area contributed by atoms with Crippen molar-refractivity contribution >= 4 is 23.2 Å². The molecule has 0 aromatic heterocycles. The maximum Gasteiger partial charge on any atom is 0.236 e. The number of halogens is 1. The predicted octanol–water partition coefficient (Wildman–Crippen LogP) is 1.89. The average molecular weight is 257 g/mol. The van der Waals surface area contributed by atoms with E-state index >= 15 is 0 Å². The van der Waals surface area contributed by atoms with Gasteiger partial charge in [-0.05, 0) is 31.0 Å². The molecule has 0 unspecified atom stereocenters. The monoisotopic (exact) mass is 256 g/mol. The number of primary amides is 1. The standard InChI is InChI=1S/C12H17ClN2O2/c1-7-5-9(17-4)12(8(2)11(7)13)15(3)6-10(14)16/h5H,6H2,1-4H3,(H2,14,16). The van der Waals surface area contributed by atoms with Gasteiger partial charge in [-0.25, -0.2) is 0 Å².